The first-order valence-corrected chi connectivity index (χ1v) is 8.17. The Morgan fingerprint density at radius 1 is 1.35 bits per heavy atom. The standard InChI is InChI=1S/C16H19N3O2.C2H6/c1-4-11-7-10(2)16(20)18-14(11)12-8-13-15(17-9-12)19(3)5-6-21-13;1-2/h7-9H,4-6H2,1-3H3,(H,18,20);1-2H3. The molecular formula is C18H25N3O2. The number of H-pyrrole nitrogens is 1. The van der Waals surface area contributed by atoms with Crippen molar-refractivity contribution >= 4 is 5.82 Å². The topological polar surface area (TPSA) is 58.2 Å². The van der Waals surface area contributed by atoms with Crippen LogP contribution in [0, 0.1) is 6.92 Å². The highest BCUT2D eigenvalue weighted by atomic mass is 16.5. The number of hydrogen-bond acceptors (Lipinski definition) is 4. The summed E-state index contributed by atoms with van der Waals surface area (Å²) in [6, 6.07) is 3.90. The molecule has 0 fully saturated rings. The average molecular weight is 315 g/mol. The Morgan fingerprint density at radius 2 is 2.09 bits per heavy atom. The van der Waals surface area contributed by atoms with Crippen molar-refractivity contribution in [2.24, 2.45) is 0 Å². The summed E-state index contributed by atoms with van der Waals surface area (Å²) in [5.41, 5.74) is 3.51. The fraction of sp³-hybridized carbons (Fsp3) is 0.444. The van der Waals surface area contributed by atoms with Crippen molar-refractivity contribution in [2.45, 2.75) is 34.1 Å². The number of nitrogens with one attached hydrogen (secondary N) is 1. The van der Waals surface area contributed by atoms with Gasteiger partial charge in [0.25, 0.3) is 5.56 Å². The van der Waals surface area contributed by atoms with E-state index in [2.05, 4.69) is 21.8 Å². The number of aromatic amines is 1. The van der Waals surface area contributed by atoms with Gasteiger partial charge in [-0.15, -0.1) is 0 Å². The van der Waals surface area contributed by atoms with Crippen molar-refractivity contribution in [2.75, 3.05) is 25.1 Å². The van der Waals surface area contributed by atoms with Crippen LogP contribution < -0.4 is 15.2 Å². The monoisotopic (exact) mass is 315 g/mol. The number of anilines is 1. The number of ether oxygens (including phenoxy) is 1. The van der Waals surface area contributed by atoms with E-state index in [1.165, 1.54) is 0 Å². The highest BCUT2D eigenvalue weighted by molar-refractivity contribution is 5.68. The van der Waals surface area contributed by atoms with Crippen LogP contribution in [0.4, 0.5) is 5.82 Å². The molecule has 1 aliphatic rings. The van der Waals surface area contributed by atoms with Gasteiger partial charge in [0, 0.05) is 24.4 Å². The van der Waals surface area contributed by atoms with Gasteiger partial charge in [-0.25, -0.2) is 4.98 Å². The van der Waals surface area contributed by atoms with E-state index in [0.29, 0.717) is 6.61 Å². The number of nitrogens with zero attached hydrogens (tertiary/aromatic N) is 2. The molecule has 0 aromatic carbocycles. The van der Waals surface area contributed by atoms with Crippen LogP contribution in [0.25, 0.3) is 11.3 Å². The van der Waals surface area contributed by atoms with Crippen LogP contribution >= 0.6 is 0 Å². The van der Waals surface area contributed by atoms with Crippen molar-refractivity contribution in [1.82, 2.24) is 9.97 Å². The molecule has 5 nitrogen and oxygen atoms in total. The van der Waals surface area contributed by atoms with Gasteiger partial charge in [-0.05, 0) is 31.0 Å². The third-order valence-electron chi connectivity index (χ3n) is 3.86. The second kappa shape index (κ2) is 7.31. The zero-order chi connectivity index (χ0) is 17.0. The smallest absolute Gasteiger partial charge is 0.251 e. The molecule has 0 aliphatic carbocycles. The minimum Gasteiger partial charge on any atom is -0.488 e. The third-order valence-corrected chi connectivity index (χ3v) is 3.86. The molecule has 2 aromatic rings. The van der Waals surface area contributed by atoms with E-state index in [9.17, 15) is 4.79 Å². The lowest BCUT2D eigenvalue weighted by atomic mass is 10.0. The number of aromatic nitrogens is 2. The molecule has 0 unspecified atom stereocenters. The van der Waals surface area contributed by atoms with Crippen LogP contribution in [-0.2, 0) is 6.42 Å². The van der Waals surface area contributed by atoms with Gasteiger partial charge in [0.1, 0.15) is 6.61 Å². The molecule has 3 rings (SSSR count). The largest absolute Gasteiger partial charge is 0.488 e. The number of likely N-dealkylation sites (N-methyl/N-ethyl adjacent to an activating group) is 1. The first-order valence-electron chi connectivity index (χ1n) is 8.17. The van der Waals surface area contributed by atoms with Crippen LogP contribution in [-0.4, -0.2) is 30.2 Å². The van der Waals surface area contributed by atoms with Crippen LogP contribution in [0.2, 0.25) is 0 Å². The summed E-state index contributed by atoms with van der Waals surface area (Å²) >= 11 is 0. The molecule has 1 aliphatic heterocycles. The summed E-state index contributed by atoms with van der Waals surface area (Å²) in [5, 5.41) is 0. The molecule has 2 aromatic heterocycles. The van der Waals surface area contributed by atoms with E-state index in [-0.39, 0.29) is 5.56 Å². The summed E-state index contributed by atoms with van der Waals surface area (Å²) in [5.74, 6) is 1.61. The van der Waals surface area contributed by atoms with Gasteiger partial charge in [0.05, 0.1) is 12.2 Å². The van der Waals surface area contributed by atoms with Crippen molar-refractivity contribution in [3.05, 3.63) is 39.8 Å². The lowest BCUT2D eigenvalue weighted by Gasteiger charge is -2.26. The predicted molar refractivity (Wildman–Crippen MR) is 94.5 cm³/mol. The van der Waals surface area contributed by atoms with E-state index in [1.807, 2.05) is 40.0 Å². The second-order valence-corrected chi connectivity index (χ2v) is 5.35. The summed E-state index contributed by atoms with van der Waals surface area (Å²) in [6.45, 7) is 9.39. The molecule has 0 radical (unpaired) electrons. The number of aryl methyl sites for hydroxylation is 2. The second-order valence-electron chi connectivity index (χ2n) is 5.35. The minimum atomic E-state index is -0.0574. The lowest BCUT2D eigenvalue weighted by molar-refractivity contribution is 0.309. The highest BCUT2D eigenvalue weighted by Crippen LogP contribution is 2.32. The quantitative estimate of drug-likeness (QED) is 0.925. The van der Waals surface area contributed by atoms with E-state index < -0.39 is 0 Å². The minimum absolute atomic E-state index is 0.0574. The summed E-state index contributed by atoms with van der Waals surface area (Å²) in [6.07, 6.45) is 2.65. The normalized spacial score (nSPS) is 12.8. The van der Waals surface area contributed by atoms with Crippen molar-refractivity contribution in [3.63, 3.8) is 0 Å². The molecule has 1 N–H and O–H groups in total. The molecule has 124 valence electrons. The molecule has 5 heteroatoms. The van der Waals surface area contributed by atoms with Gasteiger partial charge in [0.2, 0.25) is 0 Å². The van der Waals surface area contributed by atoms with Gasteiger partial charge < -0.3 is 14.6 Å². The molecule has 23 heavy (non-hydrogen) atoms. The molecule has 0 amide bonds. The van der Waals surface area contributed by atoms with Crippen molar-refractivity contribution in [1.29, 1.82) is 0 Å². The van der Waals surface area contributed by atoms with Gasteiger partial charge in [-0.1, -0.05) is 20.8 Å². The Morgan fingerprint density at radius 3 is 2.78 bits per heavy atom. The summed E-state index contributed by atoms with van der Waals surface area (Å²) in [7, 11) is 2.00. The third kappa shape index (κ3) is 3.38. The number of rotatable bonds is 2. The average Bonchev–Trinajstić information content (AvgIpc) is 2.58. The van der Waals surface area contributed by atoms with Crippen molar-refractivity contribution < 1.29 is 4.74 Å². The van der Waals surface area contributed by atoms with Crippen LogP contribution in [0.3, 0.4) is 0 Å². The zero-order valence-corrected chi connectivity index (χ0v) is 14.6. The zero-order valence-electron chi connectivity index (χ0n) is 14.6. The molecule has 3 heterocycles. The first kappa shape index (κ1) is 17.1. The maximum Gasteiger partial charge on any atom is 0.251 e. The van der Waals surface area contributed by atoms with Crippen LogP contribution in [0.1, 0.15) is 31.9 Å². The molecular weight excluding hydrogens is 290 g/mol. The Kier molecular flexibility index (Phi) is 5.42. The number of fused-ring (bicyclic) bond motifs is 1. The molecule has 0 saturated carbocycles. The maximum absolute atomic E-state index is 11.9. The predicted octanol–water partition coefficient (Wildman–Crippen LogP) is 3.16. The van der Waals surface area contributed by atoms with Crippen LogP contribution in [0.5, 0.6) is 5.75 Å². The Hall–Kier alpha value is -2.30. The number of pyridine rings is 2. The summed E-state index contributed by atoms with van der Waals surface area (Å²) in [4.78, 5) is 21.4. The Balaban J connectivity index is 0.000000924. The number of hydrogen-bond donors (Lipinski definition) is 1. The SMILES string of the molecule is CC.CCc1cc(C)c(=O)[nH]c1-c1cnc2c(c1)OCCN2C. The molecule has 0 bridgehead atoms. The molecule has 0 spiro atoms. The molecule has 0 saturated heterocycles. The fourth-order valence-corrected chi connectivity index (χ4v) is 2.59. The van der Waals surface area contributed by atoms with Crippen molar-refractivity contribution in [3.8, 4) is 17.0 Å². The van der Waals surface area contributed by atoms with Gasteiger partial charge in [-0.2, -0.15) is 0 Å². The van der Waals surface area contributed by atoms with Gasteiger partial charge in [-0.3, -0.25) is 4.79 Å². The van der Waals surface area contributed by atoms with E-state index in [1.54, 1.807) is 6.20 Å². The van der Waals surface area contributed by atoms with Gasteiger partial charge in [0.15, 0.2) is 11.6 Å². The Bertz CT molecular complexity index is 738. The van der Waals surface area contributed by atoms with E-state index in [4.69, 9.17) is 4.74 Å². The fourth-order valence-electron chi connectivity index (χ4n) is 2.59. The van der Waals surface area contributed by atoms with E-state index >= 15 is 0 Å². The molecule has 0 atom stereocenters. The van der Waals surface area contributed by atoms with Crippen LogP contribution in [0.15, 0.2) is 23.1 Å². The summed E-state index contributed by atoms with van der Waals surface area (Å²) < 4.78 is 5.69. The first-order chi connectivity index (χ1) is 11.1. The van der Waals surface area contributed by atoms with Gasteiger partial charge >= 0.3 is 0 Å². The maximum atomic E-state index is 11.9. The highest BCUT2D eigenvalue weighted by Gasteiger charge is 2.18. The lowest BCUT2D eigenvalue weighted by Crippen LogP contribution is -2.29. The van der Waals surface area contributed by atoms with E-state index in [0.717, 1.165) is 46.9 Å². The Labute approximate surface area is 137 Å².